The van der Waals surface area contributed by atoms with Crippen molar-refractivity contribution in [2.75, 3.05) is 7.11 Å². The first-order chi connectivity index (χ1) is 31.1. The molecule has 4 aliphatic heterocycles. The molecule has 4 saturated heterocycles. The maximum atomic E-state index is 14.8. The summed E-state index contributed by atoms with van der Waals surface area (Å²) in [5.74, 6) is -3.95. The van der Waals surface area contributed by atoms with Crippen LogP contribution >= 0.6 is 0 Å². The maximum Gasteiger partial charge on any atom is 0.202 e. The van der Waals surface area contributed by atoms with Crippen LogP contribution < -0.4 is 4.74 Å². The molecule has 1 unspecified atom stereocenters. The summed E-state index contributed by atoms with van der Waals surface area (Å²) in [7, 11) is 1.19. The Balaban J connectivity index is 1.18. The Labute approximate surface area is 380 Å². The molecular weight excluding hydrogens is 876 g/mol. The van der Waals surface area contributed by atoms with Gasteiger partial charge in [0.05, 0.1) is 65.9 Å². The van der Waals surface area contributed by atoms with E-state index in [1.165, 1.54) is 33.1 Å². The first kappa shape index (κ1) is 50.7. The fourth-order valence-electron chi connectivity index (χ4n) is 9.62. The van der Waals surface area contributed by atoms with E-state index in [0.29, 0.717) is 0 Å². The molecule has 0 bridgehead atoms. The number of carbonyl (C=O) groups is 2. The Kier molecular flexibility index (Phi) is 15.7. The average Bonchev–Trinajstić information content (AvgIpc) is 3.25. The van der Waals surface area contributed by atoms with Crippen LogP contribution in [-0.2, 0) is 49.1 Å². The molecule has 2 aromatic rings. The zero-order valence-electron chi connectivity index (χ0n) is 37.8. The van der Waals surface area contributed by atoms with Crippen LogP contribution in [0.5, 0.6) is 17.2 Å². The normalized spacial score (nSPS) is 40.1. The van der Waals surface area contributed by atoms with Crippen LogP contribution in [0.4, 0.5) is 0 Å². The number of ether oxygens (including phenoxy) is 9. The van der Waals surface area contributed by atoms with Gasteiger partial charge in [0.25, 0.3) is 0 Å². The number of hydrogen-bond acceptors (Lipinski definition) is 21. The van der Waals surface area contributed by atoms with Crippen molar-refractivity contribution in [1.82, 2.24) is 0 Å². The van der Waals surface area contributed by atoms with Gasteiger partial charge in [-0.3, -0.25) is 9.59 Å². The maximum absolute atomic E-state index is 14.8. The van der Waals surface area contributed by atoms with Crippen molar-refractivity contribution in [2.45, 2.75) is 196 Å². The summed E-state index contributed by atoms with van der Waals surface area (Å²) < 4.78 is 53.7. The first-order valence-corrected chi connectivity index (χ1v) is 22.4. The number of ketones is 2. The van der Waals surface area contributed by atoms with Crippen LogP contribution in [0.1, 0.15) is 81.8 Å². The van der Waals surface area contributed by atoms with Crippen LogP contribution in [0.15, 0.2) is 12.1 Å². The van der Waals surface area contributed by atoms with Crippen LogP contribution in [-0.4, -0.2) is 193 Å². The van der Waals surface area contributed by atoms with Gasteiger partial charge in [-0.15, -0.1) is 0 Å². The van der Waals surface area contributed by atoms with Crippen LogP contribution in [0, 0.1) is 12.8 Å². The van der Waals surface area contributed by atoms with Gasteiger partial charge < -0.3 is 93.7 Å². The van der Waals surface area contributed by atoms with E-state index >= 15 is 0 Å². The molecule has 370 valence electrons. The number of fused-ring (bicyclic) bond motifs is 2. The summed E-state index contributed by atoms with van der Waals surface area (Å²) in [5, 5.41) is 108. The number of phenols is 2. The van der Waals surface area contributed by atoms with Gasteiger partial charge in [-0.25, -0.2) is 0 Å². The van der Waals surface area contributed by atoms with E-state index in [2.05, 4.69) is 0 Å². The summed E-state index contributed by atoms with van der Waals surface area (Å²) in [4.78, 5) is 28.5. The van der Waals surface area contributed by atoms with Crippen molar-refractivity contribution in [3.63, 3.8) is 0 Å². The van der Waals surface area contributed by atoms with E-state index in [9.17, 15) is 60.7 Å². The summed E-state index contributed by atoms with van der Waals surface area (Å²) in [5.41, 5.74) is 0.116. The topological polar surface area (TPSA) is 320 Å². The van der Waals surface area contributed by atoms with Gasteiger partial charge in [0.1, 0.15) is 60.0 Å². The molecule has 0 radical (unpaired) electrons. The number of rotatable bonds is 13. The van der Waals surface area contributed by atoms with E-state index in [1.54, 1.807) is 27.7 Å². The lowest BCUT2D eigenvalue weighted by Gasteiger charge is -2.43. The summed E-state index contributed by atoms with van der Waals surface area (Å²) in [6.45, 7) is 9.02. The number of Topliss-reactive ketones (excluding diaryl/α,β-unsaturated/α-hetero) is 2. The molecule has 0 aromatic heterocycles. The molecule has 21 atom stereocenters. The third-order valence-corrected chi connectivity index (χ3v) is 13.5. The molecule has 7 rings (SSSR count). The smallest absolute Gasteiger partial charge is 0.202 e. The SMILES string of the molecule is CO[C@H](C(=O)[C@@H](O)[C@@H](C)O)[C@@H]1Cc2cc3cc(O[C@H]4C[C@@H](O[C@H]5CC(O)[C@H](O)[C@@H](C)O5)[C@H](O)[C@@H](C)O4)c(C)c(O)c3c(O)c2C(=O)[C@H]1O[C@H]1C[C@@H](O[C@H]2C[C@@H](O)[C@H](O)[C@@H](C)O2)[C@H](O)[C@@H](C)O1. The molecule has 4 fully saturated rings. The van der Waals surface area contributed by atoms with Crippen molar-refractivity contribution in [3.8, 4) is 17.2 Å². The predicted molar refractivity (Wildman–Crippen MR) is 224 cm³/mol. The minimum Gasteiger partial charge on any atom is -0.507 e. The number of aliphatic hydroxyl groups is 8. The minimum absolute atomic E-state index is 0.0233. The highest BCUT2D eigenvalue weighted by Gasteiger charge is 2.50. The Morgan fingerprint density at radius 3 is 1.68 bits per heavy atom. The molecule has 66 heavy (non-hydrogen) atoms. The van der Waals surface area contributed by atoms with Gasteiger partial charge in [0.15, 0.2) is 30.4 Å². The van der Waals surface area contributed by atoms with Gasteiger partial charge in [-0.2, -0.15) is 0 Å². The third-order valence-electron chi connectivity index (χ3n) is 13.5. The fourth-order valence-corrected chi connectivity index (χ4v) is 9.62. The molecule has 1 aliphatic carbocycles. The van der Waals surface area contributed by atoms with E-state index < -0.39 is 152 Å². The molecule has 21 nitrogen and oxygen atoms in total. The second kappa shape index (κ2) is 20.4. The Bertz CT molecular complexity index is 2030. The lowest BCUT2D eigenvalue weighted by Crippen LogP contribution is -2.56. The Morgan fingerprint density at radius 2 is 1.18 bits per heavy atom. The monoisotopic (exact) mass is 940 g/mol. The van der Waals surface area contributed by atoms with Crippen molar-refractivity contribution < 1.29 is 103 Å². The molecule has 0 spiro atoms. The second-order valence-corrected chi connectivity index (χ2v) is 18.3. The number of benzene rings is 2. The van der Waals surface area contributed by atoms with E-state index in [0.717, 1.165) is 0 Å². The highest BCUT2D eigenvalue weighted by Crippen LogP contribution is 2.47. The quantitative estimate of drug-likeness (QED) is 0.121. The fraction of sp³-hybridized carbons (Fsp3) is 0.733. The van der Waals surface area contributed by atoms with Crippen molar-refractivity contribution >= 4 is 22.3 Å². The van der Waals surface area contributed by atoms with Gasteiger partial charge in [0, 0.05) is 44.3 Å². The van der Waals surface area contributed by atoms with Crippen LogP contribution in [0.3, 0.4) is 0 Å². The van der Waals surface area contributed by atoms with E-state index in [1.807, 2.05) is 0 Å². The molecule has 5 aliphatic rings. The number of aromatic hydroxyl groups is 2. The van der Waals surface area contributed by atoms with Gasteiger partial charge in [-0.1, -0.05) is 0 Å². The largest absolute Gasteiger partial charge is 0.507 e. The Morgan fingerprint density at radius 1 is 0.697 bits per heavy atom. The number of methoxy groups -OCH3 is 1. The molecule has 0 saturated carbocycles. The molecule has 2 aromatic carbocycles. The average molecular weight is 941 g/mol. The summed E-state index contributed by atoms with van der Waals surface area (Å²) in [6.07, 6.45) is -23.5. The zero-order chi connectivity index (χ0) is 48.2. The lowest BCUT2D eigenvalue weighted by atomic mass is 9.75. The zero-order valence-corrected chi connectivity index (χ0v) is 37.8. The molecule has 21 heteroatoms. The van der Waals surface area contributed by atoms with Crippen molar-refractivity contribution in [1.29, 1.82) is 0 Å². The Hall–Kier alpha value is -3.20. The van der Waals surface area contributed by atoms with Crippen molar-refractivity contribution in [3.05, 3.63) is 28.8 Å². The van der Waals surface area contributed by atoms with E-state index in [4.69, 9.17) is 42.6 Å². The summed E-state index contributed by atoms with van der Waals surface area (Å²) in [6, 6.07) is 3.04. The second-order valence-electron chi connectivity index (χ2n) is 18.3. The summed E-state index contributed by atoms with van der Waals surface area (Å²) >= 11 is 0. The van der Waals surface area contributed by atoms with Crippen LogP contribution in [0.2, 0.25) is 0 Å². The van der Waals surface area contributed by atoms with Gasteiger partial charge in [-0.05, 0) is 71.0 Å². The number of hydrogen-bond donors (Lipinski definition) is 10. The lowest BCUT2D eigenvalue weighted by molar-refractivity contribution is -0.311. The molecule has 0 amide bonds. The predicted octanol–water partition coefficient (Wildman–Crippen LogP) is -0.520. The minimum atomic E-state index is -1.92. The highest BCUT2D eigenvalue weighted by atomic mass is 16.7. The van der Waals surface area contributed by atoms with Crippen LogP contribution in [0.25, 0.3) is 10.8 Å². The highest BCUT2D eigenvalue weighted by molar-refractivity contribution is 6.11. The third kappa shape index (κ3) is 10.1. The molecule has 10 N–H and O–H groups in total. The molecule has 4 heterocycles. The molecular formula is C45H64O21. The van der Waals surface area contributed by atoms with Crippen molar-refractivity contribution in [2.24, 2.45) is 5.92 Å². The van der Waals surface area contributed by atoms with Gasteiger partial charge in [0.2, 0.25) is 6.29 Å². The first-order valence-electron chi connectivity index (χ1n) is 22.4. The number of phenolic OH excluding ortho intramolecular Hbond substituents is 2. The standard InChI is InChI=1S/C45H64O21/c1-15-26(63-31-13-27(39(53)19(5)61-31)64-29-11-24(47)37(51)17(3)59-29)10-22-8-21-9-23(44(58-7)43(57)36(50)16(2)46)45(42(56)34(21)41(55)33(22)35(15)49)66-32-14-28(40(54)20(6)62-32)65-30-12-25(48)38(52)18(4)60-30/h8,10,16-20,23-25,27-32,36-40,44-55H,9,11-14H2,1-7H3/t16-,17-,18-,19-,20-,23+,24?,25-,27-,28-,29+,30+,31+,32+,36+,37-,38-,39-,40-,44+,45+/m1/s1. The van der Waals surface area contributed by atoms with E-state index in [-0.39, 0.29) is 65.3 Å². The number of aliphatic hydroxyl groups excluding tert-OH is 8. The number of carbonyl (C=O) groups excluding carboxylic acids is 2. The van der Waals surface area contributed by atoms with Gasteiger partial charge >= 0.3 is 0 Å².